The molecule has 2 aromatic carbocycles. The highest BCUT2D eigenvalue weighted by atomic mass is 35.5. The zero-order valence-corrected chi connectivity index (χ0v) is 13.6. The molecule has 0 radical (unpaired) electrons. The minimum Gasteiger partial charge on any atom is -0.497 e. The molecule has 0 heterocycles. The molecule has 23 heavy (non-hydrogen) atoms. The van der Waals surface area contributed by atoms with Gasteiger partial charge in [0.25, 0.3) is 0 Å². The second-order valence-corrected chi connectivity index (χ2v) is 5.93. The van der Waals surface area contributed by atoms with Gasteiger partial charge in [0.05, 0.1) is 7.11 Å². The van der Waals surface area contributed by atoms with Crippen LogP contribution in [-0.4, -0.2) is 12.9 Å². The third kappa shape index (κ3) is 3.72. The maximum absolute atomic E-state index is 12.5. The van der Waals surface area contributed by atoms with E-state index >= 15 is 0 Å². The zero-order chi connectivity index (χ0) is 16.2. The molecule has 116 valence electrons. The van der Waals surface area contributed by atoms with Crippen molar-refractivity contribution < 1.29 is 9.53 Å². The third-order valence-corrected chi connectivity index (χ3v) is 4.17. The van der Waals surface area contributed by atoms with Gasteiger partial charge in [0.15, 0.2) is 5.78 Å². The van der Waals surface area contributed by atoms with E-state index < -0.39 is 0 Å². The Morgan fingerprint density at radius 3 is 1.83 bits per heavy atom. The number of methoxy groups -OCH3 is 1. The number of carbonyl (C=O) groups excluding carboxylic acids is 1. The summed E-state index contributed by atoms with van der Waals surface area (Å²) < 4.78 is 5.15. The summed E-state index contributed by atoms with van der Waals surface area (Å²) in [5, 5.41) is 0.699. The van der Waals surface area contributed by atoms with Gasteiger partial charge in [-0.25, -0.2) is 0 Å². The van der Waals surface area contributed by atoms with Gasteiger partial charge in [0, 0.05) is 16.2 Å². The molecular formula is C20H17ClO2. The fourth-order valence-electron chi connectivity index (χ4n) is 2.64. The second-order valence-electron chi connectivity index (χ2n) is 5.49. The van der Waals surface area contributed by atoms with Crippen LogP contribution in [0.3, 0.4) is 0 Å². The number of Topliss-reactive ketones (excluding diaryl/α,β-unsaturated/α-hetero) is 1. The van der Waals surface area contributed by atoms with Crippen LogP contribution in [0.1, 0.15) is 24.0 Å². The van der Waals surface area contributed by atoms with E-state index in [4.69, 9.17) is 16.3 Å². The lowest BCUT2D eigenvalue weighted by atomic mass is 10.1. The summed E-state index contributed by atoms with van der Waals surface area (Å²) in [4.78, 5) is 12.5. The Balaban J connectivity index is 1.80. The summed E-state index contributed by atoms with van der Waals surface area (Å²) in [7, 11) is 1.64. The van der Waals surface area contributed by atoms with Gasteiger partial charge in [-0.3, -0.25) is 4.79 Å². The first-order valence-electron chi connectivity index (χ1n) is 7.51. The number of hydrogen-bond acceptors (Lipinski definition) is 2. The molecule has 3 rings (SSSR count). The van der Waals surface area contributed by atoms with Gasteiger partial charge in [-0.05, 0) is 60.4 Å². The van der Waals surface area contributed by atoms with Gasteiger partial charge in [0.2, 0.25) is 0 Å². The Kier molecular flexibility index (Phi) is 4.63. The summed E-state index contributed by atoms with van der Waals surface area (Å²) in [6, 6.07) is 15.2. The lowest BCUT2D eigenvalue weighted by molar-refractivity contribution is -0.111. The van der Waals surface area contributed by atoms with E-state index in [1.54, 1.807) is 7.11 Å². The van der Waals surface area contributed by atoms with E-state index in [9.17, 15) is 4.79 Å². The van der Waals surface area contributed by atoms with Crippen molar-refractivity contribution in [1.82, 2.24) is 0 Å². The Morgan fingerprint density at radius 2 is 1.35 bits per heavy atom. The van der Waals surface area contributed by atoms with Crippen LogP contribution in [0.15, 0.2) is 59.7 Å². The minimum atomic E-state index is 0.135. The summed E-state index contributed by atoms with van der Waals surface area (Å²) in [5.74, 6) is 0.948. The number of halogens is 1. The highest BCUT2D eigenvalue weighted by Crippen LogP contribution is 2.30. The summed E-state index contributed by atoms with van der Waals surface area (Å²) >= 11 is 5.89. The molecular weight excluding hydrogens is 308 g/mol. The summed E-state index contributed by atoms with van der Waals surface area (Å²) in [5.41, 5.74) is 3.73. The van der Waals surface area contributed by atoms with Crippen molar-refractivity contribution >= 4 is 29.5 Å². The van der Waals surface area contributed by atoms with Crippen LogP contribution in [0.2, 0.25) is 5.02 Å². The maximum atomic E-state index is 12.5. The molecule has 3 heteroatoms. The van der Waals surface area contributed by atoms with Crippen molar-refractivity contribution in [3.63, 3.8) is 0 Å². The number of ether oxygens (including phenoxy) is 1. The Bertz CT molecular complexity index is 768. The van der Waals surface area contributed by atoms with Gasteiger partial charge < -0.3 is 4.74 Å². The lowest BCUT2D eigenvalue weighted by Crippen LogP contribution is -1.95. The monoisotopic (exact) mass is 324 g/mol. The quantitative estimate of drug-likeness (QED) is 0.727. The van der Waals surface area contributed by atoms with Crippen LogP contribution < -0.4 is 4.74 Å². The molecule has 1 fully saturated rings. The maximum Gasteiger partial charge on any atom is 0.185 e. The molecule has 0 aliphatic heterocycles. The molecule has 0 N–H and O–H groups in total. The molecule has 0 aromatic heterocycles. The number of hydrogen-bond donors (Lipinski definition) is 0. The molecule has 1 saturated carbocycles. The van der Waals surface area contributed by atoms with E-state index in [-0.39, 0.29) is 5.78 Å². The third-order valence-electron chi connectivity index (χ3n) is 3.91. The van der Waals surface area contributed by atoms with Crippen molar-refractivity contribution in [2.45, 2.75) is 12.8 Å². The number of ketones is 1. The van der Waals surface area contributed by atoms with E-state index in [1.807, 2.05) is 60.7 Å². The van der Waals surface area contributed by atoms with Crippen molar-refractivity contribution in [2.75, 3.05) is 7.11 Å². The molecule has 0 unspecified atom stereocenters. The van der Waals surface area contributed by atoms with E-state index in [2.05, 4.69) is 0 Å². The molecule has 0 spiro atoms. The molecule has 0 saturated heterocycles. The number of carbonyl (C=O) groups is 1. The molecule has 0 amide bonds. The van der Waals surface area contributed by atoms with Crippen molar-refractivity contribution in [3.8, 4) is 5.75 Å². The first-order chi connectivity index (χ1) is 11.2. The largest absolute Gasteiger partial charge is 0.497 e. The van der Waals surface area contributed by atoms with Crippen molar-refractivity contribution in [1.29, 1.82) is 0 Å². The molecule has 1 aliphatic carbocycles. The van der Waals surface area contributed by atoms with Crippen LogP contribution in [0, 0.1) is 0 Å². The van der Waals surface area contributed by atoms with Crippen molar-refractivity contribution in [2.24, 2.45) is 0 Å². The smallest absolute Gasteiger partial charge is 0.185 e. The van der Waals surface area contributed by atoms with Gasteiger partial charge in [-0.1, -0.05) is 35.9 Å². The fraction of sp³-hybridized carbons (Fsp3) is 0.150. The average molecular weight is 325 g/mol. The Labute approximate surface area is 141 Å². The minimum absolute atomic E-state index is 0.135. The predicted octanol–water partition coefficient (Wildman–Crippen LogP) is 5.18. The number of allylic oxidation sites excluding steroid dienone is 2. The molecule has 2 nitrogen and oxygen atoms in total. The highest BCUT2D eigenvalue weighted by Gasteiger charge is 2.22. The zero-order valence-electron chi connectivity index (χ0n) is 12.9. The normalized spacial score (nSPS) is 17.9. The van der Waals surface area contributed by atoms with Gasteiger partial charge >= 0.3 is 0 Å². The molecule has 2 aromatic rings. The highest BCUT2D eigenvalue weighted by molar-refractivity contribution is 6.30. The first-order valence-corrected chi connectivity index (χ1v) is 7.89. The van der Waals surface area contributed by atoms with Gasteiger partial charge in [0.1, 0.15) is 5.75 Å². The lowest BCUT2D eigenvalue weighted by Gasteiger charge is -2.00. The predicted molar refractivity (Wildman–Crippen MR) is 94.6 cm³/mol. The first kappa shape index (κ1) is 15.6. The average Bonchev–Trinajstić information content (AvgIpc) is 2.91. The standard InChI is InChI=1S/C20H17ClO2/c1-23-19-10-4-15(5-11-19)13-17-7-6-16(20(17)22)12-14-2-8-18(21)9-3-14/h2-5,8-13H,6-7H2,1H3/b16-12-,17-13-. The summed E-state index contributed by atoms with van der Waals surface area (Å²) in [6.07, 6.45) is 5.48. The van der Waals surface area contributed by atoms with E-state index in [1.165, 1.54) is 0 Å². The number of benzene rings is 2. The van der Waals surface area contributed by atoms with Crippen LogP contribution in [-0.2, 0) is 4.79 Å². The SMILES string of the molecule is COc1ccc(/C=C2/CC/C(=C/c3ccc(Cl)cc3)C2=O)cc1. The van der Waals surface area contributed by atoms with Gasteiger partial charge in [-0.2, -0.15) is 0 Å². The van der Waals surface area contributed by atoms with E-state index in [0.717, 1.165) is 40.9 Å². The van der Waals surface area contributed by atoms with Crippen LogP contribution in [0.25, 0.3) is 12.2 Å². The fourth-order valence-corrected chi connectivity index (χ4v) is 2.77. The van der Waals surface area contributed by atoms with Gasteiger partial charge in [-0.15, -0.1) is 0 Å². The summed E-state index contributed by atoms with van der Waals surface area (Å²) in [6.45, 7) is 0. The van der Waals surface area contributed by atoms with E-state index in [0.29, 0.717) is 5.02 Å². The molecule has 0 atom stereocenters. The topological polar surface area (TPSA) is 26.3 Å². The number of rotatable bonds is 3. The molecule has 0 bridgehead atoms. The second kappa shape index (κ2) is 6.84. The molecule has 1 aliphatic rings. The van der Waals surface area contributed by atoms with Crippen molar-refractivity contribution in [3.05, 3.63) is 75.8 Å². The Morgan fingerprint density at radius 1 is 0.870 bits per heavy atom. The van der Waals surface area contributed by atoms with Crippen LogP contribution in [0.4, 0.5) is 0 Å². The Hall–Kier alpha value is -2.32. The van der Waals surface area contributed by atoms with Crippen LogP contribution >= 0.6 is 11.6 Å². The van der Waals surface area contributed by atoms with Crippen LogP contribution in [0.5, 0.6) is 5.75 Å².